The lowest BCUT2D eigenvalue weighted by atomic mass is 10.1. The molecule has 98 valence electrons. The summed E-state index contributed by atoms with van der Waals surface area (Å²) in [5.41, 5.74) is 3.34. The van der Waals surface area contributed by atoms with Crippen molar-refractivity contribution in [2.45, 2.75) is 33.2 Å². The summed E-state index contributed by atoms with van der Waals surface area (Å²) in [5.74, 6) is 1.47. The highest BCUT2D eigenvalue weighted by molar-refractivity contribution is 5.37. The van der Waals surface area contributed by atoms with Crippen molar-refractivity contribution in [3.8, 4) is 5.82 Å². The first-order valence-electron chi connectivity index (χ1n) is 6.27. The Morgan fingerprint density at radius 3 is 2.61 bits per heavy atom. The molecule has 0 aliphatic carbocycles. The molecule has 0 unspecified atom stereocenters. The highest BCUT2D eigenvalue weighted by Gasteiger charge is 2.15. The molecule has 0 spiro atoms. The first-order valence-corrected chi connectivity index (χ1v) is 6.27. The molecule has 0 fully saturated rings. The Bertz CT molecular complexity index is 536. The molecule has 0 aliphatic heterocycles. The zero-order valence-corrected chi connectivity index (χ0v) is 11.7. The number of aryl methyl sites for hydroxylation is 2. The van der Waals surface area contributed by atoms with Crippen LogP contribution in [-0.4, -0.2) is 26.6 Å². The first-order chi connectivity index (χ1) is 8.54. The van der Waals surface area contributed by atoms with Crippen molar-refractivity contribution in [2.24, 2.45) is 7.05 Å². The lowest BCUT2D eigenvalue weighted by molar-refractivity contribution is 0.674. The van der Waals surface area contributed by atoms with Crippen LogP contribution in [-0.2, 0) is 13.6 Å². The number of nitrogens with zero attached hydrogens (tertiary/aromatic N) is 4. The van der Waals surface area contributed by atoms with Gasteiger partial charge in [0.25, 0.3) is 0 Å². The van der Waals surface area contributed by atoms with Gasteiger partial charge >= 0.3 is 0 Å². The molecule has 0 radical (unpaired) electrons. The Hall–Kier alpha value is -1.62. The van der Waals surface area contributed by atoms with Crippen LogP contribution in [0.4, 0.5) is 0 Å². The van der Waals surface area contributed by atoms with Gasteiger partial charge in [0.2, 0.25) is 0 Å². The lowest BCUT2D eigenvalue weighted by Gasteiger charge is -2.06. The molecule has 5 nitrogen and oxygen atoms in total. The predicted octanol–water partition coefficient (Wildman–Crippen LogP) is 1.76. The maximum atomic E-state index is 4.63. The molecule has 2 rings (SSSR count). The van der Waals surface area contributed by atoms with E-state index in [-0.39, 0.29) is 0 Å². The summed E-state index contributed by atoms with van der Waals surface area (Å²) in [6.45, 7) is 7.13. The maximum Gasteiger partial charge on any atom is 0.156 e. The second-order valence-corrected chi connectivity index (χ2v) is 4.88. The molecule has 0 saturated carbocycles. The number of hydrogen-bond donors (Lipinski definition) is 1. The van der Waals surface area contributed by atoms with Crippen LogP contribution < -0.4 is 5.32 Å². The molecule has 18 heavy (non-hydrogen) atoms. The van der Waals surface area contributed by atoms with Crippen molar-refractivity contribution in [2.75, 3.05) is 7.05 Å². The molecular weight excluding hydrogens is 226 g/mol. The molecule has 5 heteroatoms. The van der Waals surface area contributed by atoms with Gasteiger partial charge in [-0.2, -0.15) is 10.2 Å². The van der Waals surface area contributed by atoms with Crippen LogP contribution in [0.15, 0.2) is 12.3 Å². The molecule has 2 heterocycles. The monoisotopic (exact) mass is 247 g/mol. The van der Waals surface area contributed by atoms with E-state index in [1.54, 1.807) is 0 Å². The minimum Gasteiger partial charge on any atom is -0.315 e. The van der Waals surface area contributed by atoms with Crippen LogP contribution >= 0.6 is 0 Å². The summed E-state index contributed by atoms with van der Waals surface area (Å²) in [6, 6.07) is 2.07. The number of nitrogens with one attached hydrogen (secondary N) is 1. The summed E-state index contributed by atoms with van der Waals surface area (Å²) in [7, 11) is 3.90. The Morgan fingerprint density at radius 2 is 2.06 bits per heavy atom. The smallest absolute Gasteiger partial charge is 0.156 e. The average Bonchev–Trinajstić information content (AvgIpc) is 2.86. The Morgan fingerprint density at radius 1 is 1.33 bits per heavy atom. The zero-order valence-electron chi connectivity index (χ0n) is 11.7. The van der Waals surface area contributed by atoms with E-state index in [1.807, 2.05) is 36.6 Å². The fraction of sp³-hybridized carbons (Fsp3) is 0.538. The van der Waals surface area contributed by atoms with E-state index < -0.39 is 0 Å². The van der Waals surface area contributed by atoms with Gasteiger partial charge in [-0.1, -0.05) is 13.8 Å². The van der Waals surface area contributed by atoms with E-state index in [0.29, 0.717) is 5.92 Å². The van der Waals surface area contributed by atoms with Crippen molar-refractivity contribution in [3.05, 3.63) is 29.2 Å². The normalized spacial score (nSPS) is 11.4. The molecule has 0 amide bonds. The van der Waals surface area contributed by atoms with Crippen molar-refractivity contribution in [1.82, 2.24) is 24.9 Å². The quantitative estimate of drug-likeness (QED) is 0.895. The van der Waals surface area contributed by atoms with E-state index in [4.69, 9.17) is 0 Å². The van der Waals surface area contributed by atoms with Gasteiger partial charge < -0.3 is 5.32 Å². The first kappa shape index (κ1) is 12.8. The van der Waals surface area contributed by atoms with Gasteiger partial charge in [0, 0.05) is 25.4 Å². The fourth-order valence-corrected chi connectivity index (χ4v) is 2.12. The largest absolute Gasteiger partial charge is 0.315 e. The minimum absolute atomic E-state index is 0.438. The van der Waals surface area contributed by atoms with E-state index in [2.05, 4.69) is 35.4 Å². The zero-order chi connectivity index (χ0) is 13.3. The van der Waals surface area contributed by atoms with Crippen LogP contribution in [0.2, 0.25) is 0 Å². The SMILES string of the molecule is CNCc1c(C)nn(C)c1-n1ccc(C(C)C)n1. The number of rotatable bonds is 4. The summed E-state index contributed by atoms with van der Waals surface area (Å²) < 4.78 is 3.81. The third-order valence-corrected chi connectivity index (χ3v) is 3.08. The fourth-order valence-electron chi connectivity index (χ4n) is 2.12. The van der Waals surface area contributed by atoms with Crippen LogP contribution in [0.25, 0.3) is 5.82 Å². The van der Waals surface area contributed by atoms with Gasteiger partial charge in [-0.25, -0.2) is 4.68 Å². The second-order valence-electron chi connectivity index (χ2n) is 4.88. The van der Waals surface area contributed by atoms with Gasteiger partial charge in [0.1, 0.15) is 0 Å². The molecular formula is C13H21N5. The molecule has 2 aromatic rings. The predicted molar refractivity (Wildman–Crippen MR) is 71.9 cm³/mol. The third-order valence-electron chi connectivity index (χ3n) is 3.08. The minimum atomic E-state index is 0.438. The summed E-state index contributed by atoms with van der Waals surface area (Å²) in [4.78, 5) is 0. The second kappa shape index (κ2) is 4.94. The van der Waals surface area contributed by atoms with Gasteiger partial charge in [0.05, 0.1) is 11.4 Å². The van der Waals surface area contributed by atoms with Gasteiger partial charge in [0.15, 0.2) is 5.82 Å². The van der Waals surface area contributed by atoms with E-state index in [9.17, 15) is 0 Å². The topological polar surface area (TPSA) is 47.7 Å². The Labute approximate surface area is 108 Å². The van der Waals surface area contributed by atoms with Crippen molar-refractivity contribution in [1.29, 1.82) is 0 Å². The Balaban J connectivity index is 2.48. The van der Waals surface area contributed by atoms with Crippen LogP contribution in [0.1, 0.15) is 36.7 Å². The van der Waals surface area contributed by atoms with Gasteiger partial charge in [-0.05, 0) is 26.0 Å². The molecule has 0 bridgehead atoms. The van der Waals surface area contributed by atoms with Gasteiger partial charge in [-0.15, -0.1) is 0 Å². The summed E-state index contributed by atoms with van der Waals surface area (Å²) in [5, 5.41) is 12.3. The molecule has 0 atom stereocenters. The highest BCUT2D eigenvalue weighted by atomic mass is 15.4. The number of hydrogen-bond acceptors (Lipinski definition) is 3. The highest BCUT2D eigenvalue weighted by Crippen LogP contribution is 2.19. The van der Waals surface area contributed by atoms with E-state index >= 15 is 0 Å². The van der Waals surface area contributed by atoms with Crippen LogP contribution in [0.5, 0.6) is 0 Å². The van der Waals surface area contributed by atoms with Crippen molar-refractivity contribution in [3.63, 3.8) is 0 Å². The molecule has 0 saturated heterocycles. The summed E-state index contributed by atoms with van der Waals surface area (Å²) >= 11 is 0. The van der Waals surface area contributed by atoms with Crippen LogP contribution in [0.3, 0.4) is 0 Å². The van der Waals surface area contributed by atoms with Crippen molar-refractivity contribution < 1.29 is 0 Å². The third kappa shape index (κ3) is 2.18. The van der Waals surface area contributed by atoms with Crippen LogP contribution in [0, 0.1) is 6.92 Å². The van der Waals surface area contributed by atoms with E-state index in [1.165, 1.54) is 5.56 Å². The Kier molecular flexibility index (Phi) is 3.52. The lowest BCUT2D eigenvalue weighted by Crippen LogP contribution is -2.11. The number of aromatic nitrogens is 4. The summed E-state index contributed by atoms with van der Waals surface area (Å²) in [6.07, 6.45) is 2.00. The molecule has 2 aromatic heterocycles. The maximum absolute atomic E-state index is 4.63. The molecule has 0 aromatic carbocycles. The molecule has 1 N–H and O–H groups in total. The molecule has 0 aliphatic rings. The van der Waals surface area contributed by atoms with Gasteiger partial charge in [-0.3, -0.25) is 4.68 Å². The average molecular weight is 247 g/mol. The van der Waals surface area contributed by atoms with E-state index in [0.717, 1.165) is 23.8 Å². The standard InChI is InChI=1S/C13H21N5/c1-9(2)12-6-7-18(16-12)13-11(8-14-4)10(3)15-17(13)5/h6-7,9,14H,8H2,1-5H3. The van der Waals surface area contributed by atoms with Crippen molar-refractivity contribution >= 4 is 0 Å².